The van der Waals surface area contributed by atoms with E-state index in [9.17, 15) is 4.79 Å². The van der Waals surface area contributed by atoms with Crippen LogP contribution in [-0.2, 0) is 20.7 Å². The topological polar surface area (TPSA) is 63.2 Å². The van der Waals surface area contributed by atoms with E-state index in [1.165, 1.54) is 11.1 Å². The van der Waals surface area contributed by atoms with Gasteiger partial charge in [-0.3, -0.25) is 0 Å². The number of carbonyl (C=O) groups is 1. The van der Waals surface area contributed by atoms with Crippen molar-refractivity contribution in [1.82, 2.24) is 0 Å². The zero-order chi connectivity index (χ0) is 30.3. The molecule has 7 heteroatoms. The predicted molar refractivity (Wildman–Crippen MR) is 168 cm³/mol. The van der Waals surface area contributed by atoms with Crippen molar-refractivity contribution in [3.8, 4) is 17.2 Å². The van der Waals surface area contributed by atoms with Crippen LogP contribution >= 0.6 is 15.9 Å². The number of rotatable bonds is 12. The van der Waals surface area contributed by atoms with Gasteiger partial charge in [-0.15, -0.1) is 0 Å². The minimum absolute atomic E-state index is 0.265. The Morgan fingerprint density at radius 3 is 2.41 bits per heavy atom. The van der Waals surface area contributed by atoms with Crippen molar-refractivity contribution in [3.05, 3.63) is 80.0 Å². The standard InChI is InChI=1S/C34H43BrO6/c1-10-37-25(8)28(33(36)38-11-2)18-26-12-13-30(29(35)19-26)40-20-34(9)16-14-27-24(7)31(39-17-15-21(3)4)22(5)23(6)32(27)41-34/h12-13,15,18-19H,8,10-11,14,16-17,20H2,1-7,9H3/b28-18-. The highest BCUT2D eigenvalue weighted by Gasteiger charge is 2.36. The fourth-order valence-corrected chi connectivity index (χ4v) is 5.24. The van der Waals surface area contributed by atoms with Crippen LogP contribution in [0.15, 0.2) is 52.2 Å². The molecule has 6 nitrogen and oxygen atoms in total. The third-order valence-corrected chi connectivity index (χ3v) is 7.82. The number of allylic oxidation sites excluding steroid dienone is 1. The van der Waals surface area contributed by atoms with Crippen molar-refractivity contribution < 1.29 is 28.5 Å². The number of fused-ring (bicyclic) bond motifs is 1. The predicted octanol–water partition coefficient (Wildman–Crippen LogP) is 8.38. The minimum Gasteiger partial charge on any atom is -0.494 e. The van der Waals surface area contributed by atoms with Gasteiger partial charge in [0.1, 0.15) is 47.4 Å². The lowest BCUT2D eigenvalue weighted by atomic mass is 9.87. The molecule has 0 radical (unpaired) electrons. The minimum atomic E-state index is -0.495. The normalized spacial score (nSPS) is 16.3. The molecule has 222 valence electrons. The molecule has 0 saturated heterocycles. The quantitative estimate of drug-likeness (QED) is 0.0775. The second-order valence-electron chi connectivity index (χ2n) is 10.8. The van der Waals surface area contributed by atoms with E-state index in [4.69, 9.17) is 23.7 Å². The summed E-state index contributed by atoms with van der Waals surface area (Å²) >= 11 is 3.63. The fourth-order valence-electron chi connectivity index (χ4n) is 4.73. The summed E-state index contributed by atoms with van der Waals surface area (Å²) in [5.74, 6) is 2.38. The molecule has 1 heterocycles. The number of hydrogen-bond acceptors (Lipinski definition) is 6. The Morgan fingerprint density at radius 1 is 1.07 bits per heavy atom. The maximum Gasteiger partial charge on any atom is 0.341 e. The van der Waals surface area contributed by atoms with E-state index < -0.39 is 11.6 Å². The summed E-state index contributed by atoms with van der Waals surface area (Å²) in [5, 5.41) is 0. The first-order valence-electron chi connectivity index (χ1n) is 14.1. The Hall–Kier alpha value is -3.19. The number of hydrogen-bond donors (Lipinski definition) is 0. The summed E-state index contributed by atoms with van der Waals surface area (Å²) in [5.41, 5.74) is 6.37. The Balaban J connectivity index is 1.77. The summed E-state index contributed by atoms with van der Waals surface area (Å²) in [6, 6.07) is 5.64. The van der Waals surface area contributed by atoms with Crippen LogP contribution < -0.4 is 14.2 Å². The first-order valence-corrected chi connectivity index (χ1v) is 14.9. The van der Waals surface area contributed by atoms with Gasteiger partial charge < -0.3 is 23.7 Å². The fraction of sp³-hybridized carbons (Fsp3) is 0.441. The SMILES string of the molecule is C=C(OCC)/C(=C/c1ccc(OCC2(C)CCc3c(C)c(OCC=C(C)C)c(C)c(C)c3O2)c(Br)c1)C(=O)OCC. The van der Waals surface area contributed by atoms with E-state index in [-0.39, 0.29) is 17.9 Å². The summed E-state index contributed by atoms with van der Waals surface area (Å²) in [4.78, 5) is 12.5. The highest BCUT2D eigenvalue weighted by Crippen LogP contribution is 2.44. The van der Waals surface area contributed by atoms with Gasteiger partial charge in [-0.05, 0) is 131 Å². The third-order valence-electron chi connectivity index (χ3n) is 7.20. The summed E-state index contributed by atoms with van der Waals surface area (Å²) < 4.78 is 30.5. The molecule has 0 saturated carbocycles. The lowest BCUT2D eigenvalue weighted by Gasteiger charge is -2.38. The number of esters is 1. The van der Waals surface area contributed by atoms with Crippen LogP contribution in [0.1, 0.15) is 68.9 Å². The first kappa shape index (κ1) is 32.3. The van der Waals surface area contributed by atoms with Gasteiger partial charge in [-0.2, -0.15) is 0 Å². The van der Waals surface area contributed by atoms with Crippen molar-refractivity contribution in [2.45, 2.75) is 73.8 Å². The maximum absolute atomic E-state index is 12.5. The average Bonchev–Trinajstić information content (AvgIpc) is 2.92. The molecule has 0 amide bonds. The van der Waals surface area contributed by atoms with Crippen molar-refractivity contribution in [2.75, 3.05) is 26.4 Å². The van der Waals surface area contributed by atoms with Crippen LogP contribution in [0.3, 0.4) is 0 Å². The molecule has 0 spiro atoms. The molecular formula is C34H43BrO6. The van der Waals surface area contributed by atoms with Gasteiger partial charge in [0.05, 0.1) is 17.7 Å². The molecule has 1 aliphatic heterocycles. The van der Waals surface area contributed by atoms with Crippen molar-refractivity contribution in [2.24, 2.45) is 0 Å². The van der Waals surface area contributed by atoms with E-state index in [2.05, 4.69) is 70.1 Å². The number of carbonyl (C=O) groups excluding carboxylic acids is 1. The molecule has 1 atom stereocenters. The third kappa shape index (κ3) is 7.97. The van der Waals surface area contributed by atoms with Gasteiger partial charge in [0, 0.05) is 5.56 Å². The molecule has 1 aliphatic rings. The zero-order valence-corrected chi connectivity index (χ0v) is 27.2. The van der Waals surface area contributed by atoms with E-state index in [1.54, 1.807) is 13.0 Å². The highest BCUT2D eigenvalue weighted by atomic mass is 79.9. The zero-order valence-electron chi connectivity index (χ0n) is 25.7. The van der Waals surface area contributed by atoms with E-state index >= 15 is 0 Å². The average molecular weight is 628 g/mol. The molecule has 3 rings (SSSR count). The van der Waals surface area contributed by atoms with Crippen molar-refractivity contribution >= 4 is 28.0 Å². The van der Waals surface area contributed by atoms with Crippen LogP contribution in [0.2, 0.25) is 0 Å². The van der Waals surface area contributed by atoms with Gasteiger partial charge in [-0.1, -0.05) is 18.2 Å². The lowest BCUT2D eigenvalue weighted by molar-refractivity contribution is -0.138. The number of ether oxygens (including phenoxy) is 5. The Labute approximate surface area is 253 Å². The summed E-state index contributed by atoms with van der Waals surface area (Å²) in [7, 11) is 0. The van der Waals surface area contributed by atoms with E-state index in [0.29, 0.717) is 25.6 Å². The molecule has 0 aromatic heterocycles. The van der Waals surface area contributed by atoms with Gasteiger partial charge in [0.2, 0.25) is 0 Å². The Morgan fingerprint density at radius 2 is 1.78 bits per heavy atom. The van der Waals surface area contributed by atoms with Gasteiger partial charge >= 0.3 is 5.97 Å². The Bertz CT molecular complexity index is 1330. The van der Waals surface area contributed by atoms with Crippen LogP contribution in [0, 0.1) is 20.8 Å². The van der Waals surface area contributed by atoms with Gasteiger partial charge in [-0.25, -0.2) is 4.79 Å². The molecule has 0 bridgehead atoms. The second-order valence-corrected chi connectivity index (χ2v) is 11.6. The largest absolute Gasteiger partial charge is 0.494 e. The van der Waals surface area contributed by atoms with E-state index in [1.807, 2.05) is 25.1 Å². The van der Waals surface area contributed by atoms with Crippen LogP contribution in [0.4, 0.5) is 0 Å². The smallest absolute Gasteiger partial charge is 0.341 e. The number of benzene rings is 2. The lowest BCUT2D eigenvalue weighted by Crippen LogP contribution is -2.42. The molecule has 41 heavy (non-hydrogen) atoms. The van der Waals surface area contributed by atoms with Crippen LogP contribution in [-0.4, -0.2) is 38.0 Å². The number of halogens is 1. The highest BCUT2D eigenvalue weighted by molar-refractivity contribution is 9.10. The molecule has 0 aliphatic carbocycles. The molecule has 2 aromatic carbocycles. The van der Waals surface area contributed by atoms with Crippen molar-refractivity contribution in [3.63, 3.8) is 0 Å². The first-order chi connectivity index (χ1) is 19.4. The van der Waals surface area contributed by atoms with Gasteiger partial charge in [0.15, 0.2) is 0 Å². The van der Waals surface area contributed by atoms with Crippen molar-refractivity contribution in [1.29, 1.82) is 0 Å². The molecule has 1 unspecified atom stereocenters. The molecular weight excluding hydrogens is 584 g/mol. The second kappa shape index (κ2) is 14.1. The Kier molecular flexibility index (Phi) is 11.1. The molecule has 0 N–H and O–H groups in total. The van der Waals surface area contributed by atoms with E-state index in [0.717, 1.165) is 51.1 Å². The van der Waals surface area contributed by atoms with Crippen LogP contribution in [0.5, 0.6) is 17.2 Å². The maximum atomic E-state index is 12.5. The molecule has 2 aromatic rings. The summed E-state index contributed by atoms with van der Waals surface area (Å²) in [6.07, 6.45) is 5.50. The summed E-state index contributed by atoms with van der Waals surface area (Å²) in [6.45, 7) is 21.6. The molecule has 0 fully saturated rings. The monoisotopic (exact) mass is 626 g/mol. The van der Waals surface area contributed by atoms with Gasteiger partial charge in [0.25, 0.3) is 0 Å². The van der Waals surface area contributed by atoms with Crippen LogP contribution in [0.25, 0.3) is 6.08 Å².